The van der Waals surface area contributed by atoms with Gasteiger partial charge in [-0.15, -0.1) is 0 Å². The molecule has 26 heavy (non-hydrogen) atoms. The summed E-state index contributed by atoms with van der Waals surface area (Å²) in [5.74, 6) is 0.984. The number of para-hydroxylation sites is 4. The molecule has 5 nitrogen and oxygen atoms in total. The van der Waals surface area contributed by atoms with Crippen molar-refractivity contribution in [2.45, 2.75) is 19.3 Å². The second-order valence-corrected chi connectivity index (χ2v) is 7.00. The normalized spacial score (nSPS) is 17.3. The lowest BCUT2D eigenvalue weighted by atomic mass is 9.97. The van der Waals surface area contributed by atoms with Crippen LogP contribution in [0.15, 0.2) is 48.5 Å². The lowest BCUT2D eigenvalue weighted by Gasteiger charge is -2.34. The second-order valence-electron chi connectivity index (χ2n) is 7.00. The van der Waals surface area contributed by atoms with Crippen molar-refractivity contribution in [1.82, 2.24) is 4.90 Å². The van der Waals surface area contributed by atoms with E-state index in [4.69, 9.17) is 9.84 Å². The molecular weight excluding hydrogens is 328 g/mol. The van der Waals surface area contributed by atoms with Crippen LogP contribution in [-0.2, 0) is 4.79 Å². The fourth-order valence-electron chi connectivity index (χ4n) is 3.88. The van der Waals surface area contributed by atoms with Gasteiger partial charge in [0.05, 0.1) is 17.3 Å². The van der Waals surface area contributed by atoms with E-state index in [-0.39, 0.29) is 5.92 Å². The molecule has 0 radical (unpaired) electrons. The van der Waals surface area contributed by atoms with Gasteiger partial charge in [-0.1, -0.05) is 24.3 Å². The number of hydrogen-bond acceptors (Lipinski definition) is 4. The number of carbonyl (C=O) groups is 1. The number of piperidine rings is 1. The van der Waals surface area contributed by atoms with Crippen LogP contribution in [0.25, 0.3) is 0 Å². The predicted octanol–water partition coefficient (Wildman–Crippen LogP) is 4.12. The zero-order chi connectivity index (χ0) is 17.9. The third-order valence-corrected chi connectivity index (χ3v) is 5.32. The standard InChI is InChI=1S/C21H24N2O3/c24-21(25)16-10-14-22(15-11-16)12-5-13-23-17-6-1-3-8-19(17)26-20-9-4-2-7-18(20)23/h1-4,6-9,16H,5,10-15H2,(H,24,25). The van der Waals surface area contributed by atoms with Gasteiger partial charge in [0.15, 0.2) is 11.5 Å². The molecule has 0 aliphatic carbocycles. The van der Waals surface area contributed by atoms with E-state index in [2.05, 4.69) is 21.9 Å². The number of carboxylic acids is 1. The summed E-state index contributed by atoms with van der Waals surface area (Å²) in [5.41, 5.74) is 2.21. The van der Waals surface area contributed by atoms with Crippen molar-refractivity contribution < 1.29 is 14.6 Å². The number of rotatable bonds is 5. The molecule has 1 saturated heterocycles. The Labute approximate surface area is 153 Å². The molecule has 0 spiro atoms. The zero-order valence-corrected chi connectivity index (χ0v) is 14.8. The molecule has 5 heteroatoms. The molecule has 2 aliphatic rings. The highest BCUT2D eigenvalue weighted by Gasteiger charge is 2.26. The fourth-order valence-corrected chi connectivity index (χ4v) is 3.88. The largest absolute Gasteiger partial charge is 0.481 e. The Morgan fingerprint density at radius 1 is 0.962 bits per heavy atom. The van der Waals surface area contributed by atoms with Gasteiger partial charge in [0.2, 0.25) is 0 Å². The molecule has 0 unspecified atom stereocenters. The number of likely N-dealkylation sites (tertiary alicyclic amines) is 1. The smallest absolute Gasteiger partial charge is 0.306 e. The van der Waals surface area contributed by atoms with Crippen LogP contribution in [0.3, 0.4) is 0 Å². The van der Waals surface area contributed by atoms with E-state index in [1.54, 1.807) is 0 Å². The quantitative estimate of drug-likeness (QED) is 0.877. The molecule has 1 N–H and O–H groups in total. The third kappa shape index (κ3) is 3.40. The average molecular weight is 352 g/mol. The number of fused-ring (bicyclic) bond motifs is 2. The summed E-state index contributed by atoms with van der Waals surface area (Å²) in [5, 5.41) is 9.12. The highest BCUT2D eigenvalue weighted by Crippen LogP contribution is 2.46. The van der Waals surface area contributed by atoms with E-state index >= 15 is 0 Å². The van der Waals surface area contributed by atoms with E-state index < -0.39 is 5.97 Å². The first kappa shape index (κ1) is 16.9. The Morgan fingerprint density at radius 2 is 1.54 bits per heavy atom. The van der Waals surface area contributed by atoms with Gasteiger partial charge in [0, 0.05) is 6.54 Å². The molecular formula is C21H24N2O3. The minimum atomic E-state index is -0.647. The van der Waals surface area contributed by atoms with Crippen LogP contribution in [0, 0.1) is 5.92 Å². The molecule has 2 heterocycles. The number of ether oxygens (including phenoxy) is 1. The molecule has 136 valence electrons. The lowest BCUT2D eigenvalue weighted by Crippen LogP contribution is -2.37. The number of hydrogen-bond donors (Lipinski definition) is 1. The van der Waals surface area contributed by atoms with Gasteiger partial charge in [-0.2, -0.15) is 0 Å². The minimum Gasteiger partial charge on any atom is -0.481 e. The summed E-state index contributed by atoms with van der Waals surface area (Å²) in [6, 6.07) is 16.3. The van der Waals surface area contributed by atoms with Crippen molar-refractivity contribution in [2.75, 3.05) is 31.1 Å². The van der Waals surface area contributed by atoms with Gasteiger partial charge in [-0.05, 0) is 63.2 Å². The first-order valence-electron chi connectivity index (χ1n) is 9.31. The van der Waals surface area contributed by atoms with E-state index in [0.29, 0.717) is 0 Å². The fraction of sp³-hybridized carbons (Fsp3) is 0.381. The Balaban J connectivity index is 1.40. The number of aliphatic carboxylic acids is 1. The van der Waals surface area contributed by atoms with Gasteiger partial charge in [0.25, 0.3) is 0 Å². The van der Waals surface area contributed by atoms with Crippen molar-refractivity contribution in [1.29, 1.82) is 0 Å². The van der Waals surface area contributed by atoms with E-state index in [9.17, 15) is 4.79 Å². The van der Waals surface area contributed by atoms with Crippen LogP contribution in [0.5, 0.6) is 11.5 Å². The van der Waals surface area contributed by atoms with Gasteiger partial charge in [-0.3, -0.25) is 4.79 Å². The molecule has 0 aromatic heterocycles. The van der Waals surface area contributed by atoms with Crippen molar-refractivity contribution in [3.63, 3.8) is 0 Å². The van der Waals surface area contributed by atoms with Crippen molar-refractivity contribution in [2.24, 2.45) is 5.92 Å². The van der Waals surface area contributed by atoms with Gasteiger partial charge >= 0.3 is 5.97 Å². The summed E-state index contributed by atoms with van der Waals surface area (Å²) < 4.78 is 6.03. The highest BCUT2D eigenvalue weighted by molar-refractivity contribution is 5.77. The molecule has 2 aromatic carbocycles. The Kier molecular flexibility index (Phi) is 4.80. The van der Waals surface area contributed by atoms with Crippen molar-refractivity contribution in [3.05, 3.63) is 48.5 Å². The molecule has 1 fully saturated rings. The van der Waals surface area contributed by atoms with Crippen molar-refractivity contribution in [3.8, 4) is 11.5 Å². The average Bonchev–Trinajstić information content (AvgIpc) is 2.68. The number of anilines is 2. The van der Waals surface area contributed by atoms with Crippen LogP contribution in [0.1, 0.15) is 19.3 Å². The molecule has 2 aliphatic heterocycles. The first-order chi connectivity index (χ1) is 12.7. The summed E-state index contributed by atoms with van der Waals surface area (Å²) in [7, 11) is 0. The topological polar surface area (TPSA) is 53.0 Å². The van der Waals surface area contributed by atoms with E-state index in [0.717, 1.165) is 68.3 Å². The monoisotopic (exact) mass is 352 g/mol. The van der Waals surface area contributed by atoms with Crippen LogP contribution < -0.4 is 9.64 Å². The number of nitrogens with zero attached hydrogens (tertiary/aromatic N) is 2. The van der Waals surface area contributed by atoms with Crippen LogP contribution >= 0.6 is 0 Å². The zero-order valence-electron chi connectivity index (χ0n) is 14.8. The van der Waals surface area contributed by atoms with Gasteiger partial charge in [-0.25, -0.2) is 0 Å². The summed E-state index contributed by atoms with van der Waals surface area (Å²) in [6.45, 7) is 3.67. The highest BCUT2D eigenvalue weighted by atomic mass is 16.5. The molecule has 0 bridgehead atoms. The summed E-state index contributed by atoms with van der Waals surface area (Å²) in [4.78, 5) is 15.8. The maximum atomic E-state index is 11.1. The summed E-state index contributed by atoms with van der Waals surface area (Å²) >= 11 is 0. The summed E-state index contributed by atoms with van der Waals surface area (Å²) in [6.07, 6.45) is 2.55. The van der Waals surface area contributed by atoms with Crippen LogP contribution in [0.2, 0.25) is 0 Å². The van der Waals surface area contributed by atoms with E-state index in [1.807, 2.05) is 36.4 Å². The Hall–Kier alpha value is -2.53. The van der Waals surface area contributed by atoms with Gasteiger partial charge < -0.3 is 19.6 Å². The molecule has 0 saturated carbocycles. The number of benzene rings is 2. The lowest BCUT2D eigenvalue weighted by molar-refractivity contribution is -0.143. The Bertz CT molecular complexity index is 739. The number of carboxylic acid groups (broad SMARTS) is 1. The SMILES string of the molecule is O=C(O)C1CCN(CCCN2c3ccccc3Oc3ccccc32)CC1. The molecule has 0 atom stereocenters. The van der Waals surface area contributed by atoms with Gasteiger partial charge in [0.1, 0.15) is 0 Å². The molecule has 2 aromatic rings. The van der Waals surface area contributed by atoms with E-state index in [1.165, 1.54) is 0 Å². The van der Waals surface area contributed by atoms with Crippen LogP contribution in [-0.4, -0.2) is 42.2 Å². The maximum absolute atomic E-state index is 11.1. The Morgan fingerprint density at radius 3 is 2.12 bits per heavy atom. The molecule has 4 rings (SSSR count). The third-order valence-electron chi connectivity index (χ3n) is 5.32. The molecule has 0 amide bonds. The first-order valence-corrected chi connectivity index (χ1v) is 9.31. The predicted molar refractivity (Wildman–Crippen MR) is 101 cm³/mol. The van der Waals surface area contributed by atoms with Crippen molar-refractivity contribution >= 4 is 17.3 Å². The maximum Gasteiger partial charge on any atom is 0.306 e. The minimum absolute atomic E-state index is 0.163. The van der Waals surface area contributed by atoms with Crippen LogP contribution in [0.4, 0.5) is 11.4 Å². The second kappa shape index (κ2) is 7.38.